The second-order valence-electron chi connectivity index (χ2n) is 6.12. The molecule has 0 bridgehead atoms. The van der Waals surface area contributed by atoms with Gasteiger partial charge in [-0.1, -0.05) is 43.2 Å². The number of hydrogen-bond donors (Lipinski definition) is 4. The molecule has 0 fully saturated rings. The topological polar surface area (TPSA) is 114 Å². The highest BCUT2D eigenvalue weighted by Crippen LogP contribution is 2.03. The fourth-order valence-electron chi connectivity index (χ4n) is 2.42. The SMILES string of the molecule is NCCC[C@H](NC(=O)OCc1ccccc1)C(=O)NCCCCCCO. The summed E-state index contributed by atoms with van der Waals surface area (Å²) in [5.41, 5.74) is 6.40. The minimum absolute atomic E-state index is 0.156. The van der Waals surface area contributed by atoms with Crippen LogP contribution in [0.1, 0.15) is 44.1 Å². The molecular formula is C19H31N3O4. The van der Waals surface area contributed by atoms with Gasteiger partial charge in [0.1, 0.15) is 12.6 Å². The number of amides is 2. The second-order valence-corrected chi connectivity index (χ2v) is 6.12. The number of alkyl carbamates (subject to hydrolysis) is 1. The number of carbonyl (C=O) groups excluding carboxylic acids is 2. The van der Waals surface area contributed by atoms with Gasteiger partial charge in [-0.2, -0.15) is 0 Å². The lowest BCUT2D eigenvalue weighted by Gasteiger charge is -2.18. The molecule has 0 aromatic heterocycles. The molecule has 0 aliphatic heterocycles. The van der Waals surface area contributed by atoms with Crippen LogP contribution < -0.4 is 16.4 Å². The van der Waals surface area contributed by atoms with Gasteiger partial charge in [-0.05, 0) is 37.8 Å². The molecule has 7 heteroatoms. The summed E-state index contributed by atoms with van der Waals surface area (Å²) < 4.78 is 5.17. The summed E-state index contributed by atoms with van der Waals surface area (Å²) in [6.45, 7) is 1.35. The van der Waals surface area contributed by atoms with Crippen LogP contribution in [0.2, 0.25) is 0 Å². The normalized spacial score (nSPS) is 11.6. The highest BCUT2D eigenvalue weighted by atomic mass is 16.5. The first kappa shape index (κ1) is 21.9. The van der Waals surface area contributed by atoms with Crippen molar-refractivity contribution in [2.75, 3.05) is 19.7 Å². The van der Waals surface area contributed by atoms with Gasteiger partial charge >= 0.3 is 6.09 Å². The molecule has 2 amide bonds. The van der Waals surface area contributed by atoms with Crippen molar-refractivity contribution in [1.29, 1.82) is 0 Å². The van der Waals surface area contributed by atoms with Crippen molar-refractivity contribution in [2.45, 2.75) is 51.2 Å². The van der Waals surface area contributed by atoms with Gasteiger partial charge in [0.15, 0.2) is 0 Å². The third-order valence-corrected chi connectivity index (χ3v) is 3.90. The molecule has 26 heavy (non-hydrogen) atoms. The van der Waals surface area contributed by atoms with E-state index in [0.717, 1.165) is 31.2 Å². The molecule has 5 N–H and O–H groups in total. The van der Waals surface area contributed by atoms with Crippen LogP contribution in [0.5, 0.6) is 0 Å². The number of aliphatic hydroxyl groups is 1. The number of ether oxygens (including phenoxy) is 1. The van der Waals surface area contributed by atoms with E-state index < -0.39 is 12.1 Å². The summed E-state index contributed by atoms with van der Waals surface area (Å²) in [5.74, 6) is -0.225. The van der Waals surface area contributed by atoms with Crippen LogP contribution in [-0.4, -0.2) is 42.8 Å². The number of nitrogens with two attached hydrogens (primary N) is 1. The monoisotopic (exact) mass is 365 g/mol. The summed E-state index contributed by atoms with van der Waals surface area (Å²) in [6.07, 6.45) is 3.98. The fraction of sp³-hybridized carbons (Fsp3) is 0.579. The lowest BCUT2D eigenvalue weighted by atomic mass is 10.1. The van der Waals surface area contributed by atoms with Gasteiger partial charge in [0.05, 0.1) is 0 Å². The quantitative estimate of drug-likeness (QED) is 0.397. The molecule has 7 nitrogen and oxygen atoms in total. The molecule has 1 atom stereocenters. The Balaban J connectivity index is 2.36. The molecule has 1 aromatic rings. The molecule has 0 radical (unpaired) electrons. The minimum Gasteiger partial charge on any atom is -0.445 e. The molecule has 0 spiro atoms. The zero-order chi connectivity index (χ0) is 19.0. The van der Waals surface area contributed by atoms with Gasteiger partial charge < -0.3 is 26.2 Å². The predicted molar refractivity (Wildman–Crippen MR) is 100 cm³/mol. The number of unbranched alkanes of at least 4 members (excludes halogenated alkanes) is 3. The highest BCUT2D eigenvalue weighted by molar-refractivity contribution is 5.85. The molecular weight excluding hydrogens is 334 g/mol. The summed E-state index contributed by atoms with van der Waals surface area (Å²) >= 11 is 0. The molecule has 0 saturated carbocycles. The Morgan fingerprint density at radius 3 is 2.50 bits per heavy atom. The number of rotatable bonds is 13. The second kappa shape index (κ2) is 14.1. The van der Waals surface area contributed by atoms with Crippen molar-refractivity contribution < 1.29 is 19.4 Å². The summed E-state index contributed by atoms with van der Waals surface area (Å²) in [6, 6.07) is 8.70. The van der Waals surface area contributed by atoms with Crippen LogP contribution >= 0.6 is 0 Å². The number of aliphatic hydroxyl groups excluding tert-OH is 1. The standard InChI is InChI=1S/C19H31N3O4/c20-12-8-11-17(18(24)21-13-6-1-2-7-14-23)22-19(25)26-15-16-9-4-3-5-10-16/h3-5,9-10,17,23H,1-2,6-8,11-15,20H2,(H,21,24)(H,22,25)/t17-/m0/s1. The number of nitrogens with one attached hydrogen (secondary N) is 2. The summed E-state index contributed by atoms with van der Waals surface area (Å²) in [7, 11) is 0. The molecule has 0 heterocycles. The van der Waals surface area contributed by atoms with Gasteiger partial charge in [0, 0.05) is 13.2 Å². The molecule has 1 rings (SSSR count). The van der Waals surface area contributed by atoms with E-state index in [-0.39, 0.29) is 19.1 Å². The smallest absolute Gasteiger partial charge is 0.408 e. The Bertz CT molecular complexity index is 511. The first-order valence-electron chi connectivity index (χ1n) is 9.23. The maximum absolute atomic E-state index is 12.3. The summed E-state index contributed by atoms with van der Waals surface area (Å²) in [5, 5.41) is 14.2. The van der Waals surface area contributed by atoms with Crippen molar-refractivity contribution in [2.24, 2.45) is 5.73 Å². The first-order chi connectivity index (χ1) is 12.7. The largest absolute Gasteiger partial charge is 0.445 e. The Morgan fingerprint density at radius 2 is 1.81 bits per heavy atom. The lowest BCUT2D eigenvalue weighted by molar-refractivity contribution is -0.123. The van der Waals surface area contributed by atoms with E-state index >= 15 is 0 Å². The highest BCUT2D eigenvalue weighted by Gasteiger charge is 2.20. The average molecular weight is 365 g/mol. The van der Waals surface area contributed by atoms with Crippen LogP contribution in [0, 0.1) is 0 Å². The third kappa shape index (κ3) is 10.0. The molecule has 0 aliphatic rings. The van der Waals surface area contributed by atoms with Crippen LogP contribution in [-0.2, 0) is 16.1 Å². The van der Waals surface area contributed by atoms with Gasteiger partial charge in [-0.3, -0.25) is 4.79 Å². The van der Waals surface area contributed by atoms with Crippen molar-refractivity contribution >= 4 is 12.0 Å². The first-order valence-corrected chi connectivity index (χ1v) is 9.23. The van der Waals surface area contributed by atoms with E-state index in [1.54, 1.807) is 0 Å². The molecule has 1 aromatic carbocycles. The fourth-order valence-corrected chi connectivity index (χ4v) is 2.42. The van der Waals surface area contributed by atoms with Gasteiger partial charge in [0.2, 0.25) is 5.91 Å². The van der Waals surface area contributed by atoms with Crippen LogP contribution in [0.4, 0.5) is 4.79 Å². The minimum atomic E-state index is -0.653. The van der Waals surface area contributed by atoms with E-state index in [2.05, 4.69) is 10.6 Å². The average Bonchev–Trinajstić information content (AvgIpc) is 2.66. The molecule has 146 valence electrons. The maximum Gasteiger partial charge on any atom is 0.408 e. The predicted octanol–water partition coefficient (Wildman–Crippen LogP) is 1.69. The Hall–Kier alpha value is -2.12. The molecule has 0 aliphatic carbocycles. The number of carbonyl (C=O) groups is 2. The van der Waals surface area contributed by atoms with Crippen LogP contribution in [0.3, 0.4) is 0 Å². The van der Waals surface area contributed by atoms with Crippen molar-refractivity contribution in [3.8, 4) is 0 Å². The van der Waals surface area contributed by atoms with Crippen LogP contribution in [0.15, 0.2) is 30.3 Å². The van der Waals surface area contributed by atoms with Crippen molar-refractivity contribution in [3.05, 3.63) is 35.9 Å². The van der Waals surface area contributed by atoms with E-state index in [0.29, 0.717) is 25.9 Å². The lowest BCUT2D eigenvalue weighted by Crippen LogP contribution is -2.47. The van der Waals surface area contributed by atoms with E-state index in [1.165, 1.54) is 0 Å². The molecule has 0 saturated heterocycles. The van der Waals surface area contributed by atoms with Crippen molar-refractivity contribution in [1.82, 2.24) is 10.6 Å². The van der Waals surface area contributed by atoms with Gasteiger partial charge in [-0.15, -0.1) is 0 Å². The van der Waals surface area contributed by atoms with E-state index in [9.17, 15) is 9.59 Å². The molecule has 0 unspecified atom stereocenters. The maximum atomic E-state index is 12.3. The van der Waals surface area contributed by atoms with Gasteiger partial charge in [0.25, 0.3) is 0 Å². The third-order valence-electron chi connectivity index (χ3n) is 3.90. The Kier molecular flexibility index (Phi) is 11.9. The zero-order valence-corrected chi connectivity index (χ0v) is 15.3. The van der Waals surface area contributed by atoms with Crippen LogP contribution in [0.25, 0.3) is 0 Å². The summed E-state index contributed by atoms with van der Waals surface area (Å²) in [4.78, 5) is 24.3. The Morgan fingerprint density at radius 1 is 1.08 bits per heavy atom. The van der Waals surface area contributed by atoms with Crippen molar-refractivity contribution in [3.63, 3.8) is 0 Å². The number of benzene rings is 1. The Labute approximate surface area is 155 Å². The van der Waals surface area contributed by atoms with E-state index in [4.69, 9.17) is 15.6 Å². The van der Waals surface area contributed by atoms with Gasteiger partial charge in [-0.25, -0.2) is 4.79 Å². The zero-order valence-electron chi connectivity index (χ0n) is 15.3. The number of hydrogen-bond acceptors (Lipinski definition) is 5. The van der Waals surface area contributed by atoms with E-state index in [1.807, 2.05) is 30.3 Å².